The van der Waals surface area contributed by atoms with Crippen LogP contribution in [0.2, 0.25) is 0 Å². The van der Waals surface area contributed by atoms with Gasteiger partial charge in [-0.05, 0) is 61.1 Å². The molecular formula is C20H26O2S. The predicted molar refractivity (Wildman–Crippen MR) is 97.2 cm³/mol. The molecule has 0 saturated heterocycles. The summed E-state index contributed by atoms with van der Waals surface area (Å²) < 4.78 is 0. The van der Waals surface area contributed by atoms with E-state index in [1.165, 1.54) is 28.8 Å². The van der Waals surface area contributed by atoms with Crippen molar-refractivity contribution in [2.45, 2.75) is 57.8 Å². The highest BCUT2D eigenvalue weighted by Crippen LogP contribution is 2.22. The molecule has 124 valence electrons. The van der Waals surface area contributed by atoms with Gasteiger partial charge >= 0.3 is 5.97 Å². The highest BCUT2D eigenvalue weighted by molar-refractivity contribution is 7.10. The fraction of sp³-hybridized carbons (Fsp3) is 0.450. The van der Waals surface area contributed by atoms with Gasteiger partial charge in [-0.25, -0.2) is 0 Å². The molecule has 0 spiro atoms. The van der Waals surface area contributed by atoms with Crippen LogP contribution in [0, 0.1) is 0 Å². The van der Waals surface area contributed by atoms with E-state index in [1.807, 2.05) is 11.3 Å². The smallest absolute Gasteiger partial charge is 0.303 e. The van der Waals surface area contributed by atoms with Gasteiger partial charge in [-0.1, -0.05) is 43.2 Å². The fourth-order valence-electron chi connectivity index (χ4n) is 2.85. The van der Waals surface area contributed by atoms with Gasteiger partial charge in [0.25, 0.3) is 0 Å². The van der Waals surface area contributed by atoms with Crippen molar-refractivity contribution < 1.29 is 9.90 Å². The predicted octanol–water partition coefficient (Wildman–Crippen LogP) is 5.50. The van der Waals surface area contributed by atoms with Crippen LogP contribution in [0.5, 0.6) is 0 Å². The monoisotopic (exact) mass is 330 g/mol. The van der Waals surface area contributed by atoms with Crippen molar-refractivity contribution in [3.05, 3.63) is 57.8 Å². The van der Waals surface area contributed by atoms with Gasteiger partial charge in [0.05, 0.1) is 0 Å². The first kappa shape index (κ1) is 17.7. The van der Waals surface area contributed by atoms with Crippen molar-refractivity contribution in [2.75, 3.05) is 0 Å². The number of aliphatic carboxylic acids is 1. The molecule has 0 fully saturated rings. The second-order valence-electron chi connectivity index (χ2n) is 6.02. The molecule has 2 rings (SSSR count). The number of unbranched alkanes of at least 4 members (excludes halogenated alkanes) is 3. The number of thiophene rings is 1. The zero-order chi connectivity index (χ0) is 16.3. The van der Waals surface area contributed by atoms with E-state index in [-0.39, 0.29) is 0 Å². The van der Waals surface area contributed by atoms with E-state index in [4.69, 9.17) is 5.11 Å². The molecule has 0 saturated carbocycles. The van der Waals surface area contributed by atoms with Crippen LogP contribution in [0.4, 0.5) is 0 Å². The van der Waals surface area contributed by atoms with E-state index in [0.717, 1.165) is 38.5 Å². The molecule has 0 radical (unpaired) electrons. The maximum atomic E-state index is 10.5. The molecule has 23 heavy (non-hydrogen) atoms. The summed E-state index contributed by atoms with van der Waals surface area (Å²) in [5.41, 5.74) is 2.93. The summed E-state index contributed by atoms with van der Waals surface area (Å²) in [5.74, 6) is -0.677. The molecule has 0 atom stereocenters. The molecule has 0 unspecified atom stereocenters. The number of carboxylic acid groups (broad SMARTS) is 1. The van der Waals surface area contributed by atoms with Crippen LogP contribution in [0.1, 0.15) is 54.5 Å². The Morgan fingerprint density at radius 1 is 0.870 bits per heavy atom. The normalized spacial score (nSPS) is 10.8. The van der Waals surface area contributed by atoms with Gasteiger partial charge in [0.15, 0.2) is 0 Å². The highest BCUT2D eigenvalue weighted by Gasteiger charge is 2.05. The molecule has 1 aromatic carbocycles. The van der Waals surface area contributed by atoms with Crippen LogP contribution in [0.25, 0.3) is 0 Å². The topological polar surface area (TPSA) is 37.3 Å². The van der Waals surface area contributed by atoms with Crippen LogP contribution >= 0.6 is 11.3 Å². The number of rotatable bonds is 11. The summed E-state index contributed by atoms with van der Waals surface area (Å²) in [6.45, 7) is 0. The minimum atomic E-state index is -0.677. The van der Waals surface area contributed by atoms with Crippen molar-refractivity contribution in [3.8, 4) is 0 Å². The molecule has 1 heterocycles. The van der Waals surface area contributed by atoms with Gasteiger partial charge < -0.3 is 5.11 Å². The molecule has 0 bridgehead atoms. The Hall–Kier alpha value is -1.61. The molecule has 1 N–H and O–H groups in total. The SMILES string of the molecule is O=C(O)CCCCCCc1sccc1CCCc1ccccc1. The van der Waals surface area contributed by atoms with Gasteiger partial charge in [-0.15, -0.1) is 11.3 Å². The Kier molecular flexibility index (Phi) is 7.88. The minimum Gasteiger partial charge on any atom is -0.481 e. The van der Waals surface area contributed by atoms with Crippen LogP contribution in [-0.2, 0) is 24.1 Å². The Morgan fingerprint density at radius 2 is 1.65 bits per heavy atom. The number of carbonyl (C=O) groups is 1. The zero-order valence-corrected chi connectivity index (χ0v) is 14.5. The average molecular weight is 330 g/mol. The first-order chi connectivity index (χ1) is 11.3. The molecule has 0 aliphatic rings. The number of hydrogen-bond acceptors (Lipinski definition) is 2. The largest absolute Gasteiger partial charge is 0.481 e. The molecule has 0 aliphatic heterocycles. The lowest BCUT2D eigenvalue weighted by Gasteiger charge is -2.05. The van der Waals surface area contributed by atoms with Gasteiger partial charge in [-0.2, -0.15) is 0 Å². The van der Waals surface area contributed by atoms with Gasteiger partial charge in [0, 0.05) is 11.3 Å². The van der Waals surface area contributed by atoms with E-state index in [2.05, 4.69) is 41.8 Å². The molecule has 3 heteroatoms. The van der Waals surface area contributed by atoms with E-state index < -0.39 is 5.97 Å². The molecular weight excluding hydrogens is 304 g/mol. The second-order valence-corrected chi connectivity index (χ2v) is 7.02. The number of aryl methyl sites for hydroxylation is 3. The third-order valence-electron chi connectivity index (χ3n) is 4.14. The average Bonchev–Trinajstić information content (AvgIpc) is 2.99. The Labute approximate surface area is 143 Å². The van der Waals surface area contributed by atoms with Crippen LogP contribution < -0.4 is 0 Å². The lowest BCUT2D eigenvalue weighted by Crippen LogP contribution is -1.95. The second kappa shape index (κ2) is 10.2. The fourth-order valence-corrected chi connectivity index (χ4v) is 3.83. The summed E-state index contributed by atoms with van der Waals surface area (Å²) in [5, 5.41) is 10.8. The van der Waals surface area contributed by atoms with Crippen LogP contribution in [-0.4, -0.2) is 11.1 Å². The lowest BCUT2D eigenvalue weighted by molar-refractivity contribution is -0.137. The Morgan fingerprint density at radius 3 is 2.43 bits per heavy atom. The maximum absolute atomic E-state index is 10.5. The van der Waals surface area contributed by atoms with Gasteiger partial charge in [0.1, 0.15) is 0 Å². The highest BCUT2D eigenvalue weighted by atomic mass is 32.1. The third kappa shape index (κ3) is 7.00. The molecule has 2 aromatic rings. The van der Waals surface area contributed by atoms with E-state index >= 15 is 0 Å². The first-order valence-electron chi connectivity index (χ1n) is 8.56. The van der Waals surface area contributed by atoms with E-state index in [1.54, 1.807) is 0 Å². The minimum absolute atomic E-state index is 0.309. The first-order valence-corrected chi connectivity index (χ1v) is 9.44. The lowest BCUT2D eigenvalue weighted by atomic mass is 10.0. The zero-order valence-electron chi connectivity index (χ0n) is 13.7. The van der Waals surface area contributed by atoms with Crippen molar-refractivity contribution in [1.82, 2.24) is 0 Å². The van der Waals surface area contributed by atoms with E-state index in [0.29, 0.717) is 6.42 Å². The van der Waals surface area contributed by atoms with Crippen molar-refractivity contribution in [1.29, 1.82) is 0 Å². The van der Waals surface area contributed by atoms with Crippen molar-refractivity contribution in [3.63, 3.8) is 0 Å². The quantitative estimate of drug-likeness (QED) is 0.552. The summed E-state index contributed by atoms with van der Waals surface area (Å²) in [6.07, 6.45) is 9.10. The number of carboxylic acids is 1. The van der Waals surface area contributed by atoms with Crippen LogP contribution in [0.3, 0.4) is 0 Å². The Balaban J connectivity index is 1.65. The molecule has 0 aliphatic carbocycles. The molecule has 1 aromatic heterocycles. The molecule has 0 amide bonds. The summed E-state index contributed by atoms with van der Waals surface area (Å²) in [4.78, 5) is 12.0. The summed E-state index contributed by atoms with van der Waals surface area (Å²) >= 11 is 1.87. The van der Waals surface area contributed by atoms with Crippen LogP contribution in [0.15, 0.2) is 41.8 Å². The summed E-state index contributed by atoms with van der Waals surface area (Å²) in [6, 6.07) is 13.0. The van der Waals surface area contributed by atoms with Crippen molar-refractivity contribution >= 4 is 17.3 Å². The van der Waals surface area contributed by atoms with E-state index in [9.17, 15) is 4.79 Å². The molecule has 2 nitrogen and oxygen atoms in total. The number of hydrogen-bond donors (Lipinski definition) is 1. The van der Waals surface area contributed by atoms with Gasteiger partial charge in [0.2, 0.25) is 0 Å². The third-order valence-corrected chi connectivity index (χ3v) is 5.16. The summed E-state index contributed by atoms with van der Waals surface area (Å²) in [7, 11) is 0. The standard InChI is InChI=1S/C20H26O2S/c21-20(22)14-7-2-1-6-13-19-18(15-16-23-19)12-8-11-17-9-4-3-5-10-17/h3-5,9-10,15-16H,1-2,6-8,11-14H2,(H,21,22). The van der Waals surface area contributed by atoms with Crippen molar-refractivity contribution in [2.24, 2.45) is 0 Å². The number of benzene rings is 1. The maximum Gasteiger partial charge on any atom is 0.303 e. The van der Waals surface area contributed by atoms with Gasteiger partial charge in [-0.3, -0.25) is 4.79 Å². The Bertz CT molecular complexity index is 574.